The maximum Gasteiger partial charge on any atom is 0.289 e. The topological polar surface area (TPSA) is 84.1 Å². The molecule has 2 rings (SSSR count). The SMILES string of the molecule is Cc1nc(C(=O)NC(C)C)nc(N2CC[C@@H](N)C2)c1C. The Balaban J connectivity index is 2.32. The van der Waals surface area contributed by atoms with Crippen LogP contribution in [0, 0.1) is 13.8 Å². The van der Waals surface area contributed by atoms with Gasteiger partial charge in [-0.25, -0.2) is 9.97 Å². The molecule has 3 N–H and O–H groups in total. The molecule has 0 saturated carbocycles. The summed E-state index contributed by atoms with van der Waals surface area (Å²) in [5.74, 6) is 0.837. The third-order valence-electron chi connectivity index (χ3n) is 3.51. The second-order valence-corrected chi connectivity index (χ2v) is 5.70. The minimum Gasteiger partial charge on any atom is -0.355 e. The molecule has 1 saturated heterocycles. The number of hydrogen-bond acceptors (Lipinski definition) is 5. The number of hydrogen-bond donors (Lipinski definition) is 2. The summed E-state index contributed by atoms with van der Waals surface area (Å²) < 4.78 is 0. The summed E-state index contributed by atoms with van der Waals surface area (Å²) in [5.41, 5.74) is 7.80. The zero-order valence-corrected chi connectivity index (χ0v) is 12.6. The first-order valence-corrected chi connectivity index (χ1v) is 7.05. The van der Waals surface area contributed by atoms with Crippen LogP contribution in [0.5, 0.6) is 0 Å². The highest BCUT2D eigenvalue weighted by Crippen LogP contribution is 2.23. The quantitative estimate of drug-likeness (QED) is 0.852. The molecule has 0 unspecified atom stereocenters. The molecule has 110 valence electrons. The molecule has 20 heavy (non-hydrogen) atoms. The number of carbonyl (C=O) groups is 1. The molecule has 0 radical (unpaired) electrons. The first-order valence-electron chi connectivity index (χ1n) is 7.05. The minimum atomic E-state index is -0.229. The Morgan fingerprint density at radius 1 is 1.40 bits per heavy atom. The lowest BCUT2D eigenvalue weighted by molar-refractivity contribution is 0.0932. The number of nitrogens with one attached hydrogen (secondary N) is 1. The predicted octanol–water partition coefficient (Wildman–Crippen LogP) is 0.769. The van der Waals surface area contributed by atoms with Crippen molar-refractivity contribution in [2.24, 2.45) is 5.73 Å². The Kier molecular flexibility index (Phi) is 4.23. The Bertz CT molecular complexity index is 515. The zero-order valence-electron chi connectivity index (χ0n) is 12.6. The summed E-state index contributed by atoms with van der Waals surface area (Å²) in [6.07, 6.45) is 0.954. The van der Waals surface area contributed by atoms with Crippen molar-refractivity contribution < 1.29 is 4.79 Å². The van der Waals surface area contributed by atoms with Crippen LogP contribution in [0.15, 0.2) is 0 Å². The highest BCUT2D eigenvalue weighted by Gasteiger charge is 2.24. The maximum atomic E-state index is 12.1. The van der Waals surface area contributed by atoms with Gasteiger partial charge in [0.05, 0.1) is 0 Å². The molecule has 1 fully saturated rings. The molecule has 6 nitrogen and oxygen atoms in total. The monoisotopic (exact) mass is 277 g/mol. The van der Waals surface area contributed by atoms with Gasteiger partial charge in [0.2, 0.25) is 5.82 Å². The Morgan fingerprint density at radius 2 is 2.10 bits per heavy atom. The van der Waals surface area contributed by atoms with Gasteiger partial charge in [-0.3, -0.25) is 4.79 Å². The van der Waals surface area contributed by atoms with Crippen LogP contribution in [-0.4, -0.2) is 41.0 Å². The van der Waals surface area contributed by atoms with E-state index in [1.807, 2.05) is 27.7 Å². The highest BCUT2D eigenvalue weighted by atomic mass is 16.2. The molecule has 0 spiro atoms. The molecule has 1 aliphatic rings. The van der Waals surface area contributed by atoms with Gasteiger partial charge >= 0.3 is 0 Å². The van der Waals surface area contributed by atoms with Crippen molar-refractivity contribution in [3.63, 3.8) is 0 Å². The number of nitrogens with zero attached hydrogens (tertiary/aromatic N) is 3. The number of nitrogens with two attached hydrogens (primary N) is 1. The first-order chi connectivity index (χ1) is 9.38. The summed E-state index contributed by atoms with van der Waals surface area (Å²) >= 11 is 0. The van der Waals surface area contributed by atoms with Crippen molar-refractivity contribution in [1.29, 1.82) is 0 Å². The summed E-state index contributed by atoms with van der Waals surface area (Å²) in [6.45, 7) is 9.38. The van der Waals surface area contributed by atoms with Gasteiger partial charge in [0, 0.05) is 36.4 Å². The highest BCUT2D eigenvalue weighted by molar-refractivity contribution is 5.91. The number of carbonyl (C=O) groups excluding carboxylic acids is 1. The van der Waals surface area contributed by atoms with E-state index in [0.717, 1.165) is 36.6 Å². The van der Waals surface area contributed by atoms with E-state index in [2.05, 4.69) is 20.2 Å². The van der Waals surface area contributed by atoms with E-state index in [4.69, 9.17) is 5.73 Å². The van der Waals surface area contributed by atoms with Crippen LogP contribution in [-0.2, 0) is 0 Å². The Hall–Kier alpha value is -1.69. The fourth-order valence-corrected chi connectivity index (χ4v) is 2.33. The second kappa shape index (κ2) is 5.75. The van der Waals surface area contributed by atoms with E-state index < -0.39 is 0 Å². The third kappa shape index (κ3) is 3.07. The number of rotatable bonds is 3. The third-order valence-corrected chi connectivity index (χ3v) is 3.51. The molecule has 6 heteroatoms. The zero-order chi connectivity index (χ0) is 14.9. The van der Waals surface area contributed by atoms with E-state index in [9.17, 15) is 4.79 Å². The lowest BCUT2D eigenvalue weighted by Crippen LogP contribution is -2.33. The van der Waals surface area contributed by atoms with Crippen molar-refractivity contribution in [2.45, 2.75) is 46.2 Å². The molecule has 2 heterocycles. The van der Waals surface area contributed by atoms with Gasteiger partial charge in [0.25, 0.3) is 5.91 Å². The molecule has 0 aliphatic carbocycles. The summed E-state index contributed by atoms with van der Waals surface area (Å²) in [4.78, 5) is 23.0. The average Bonchev–Trinajstić information content (AvgIpc) is 2.78. The average molecular weight is 277 g/mol. The molecule has 1 atom stereocenters. The Morgan fingerprint density at radius 3 is 2.65 bits per heavy atom. The lowest BCUT2D eigenvalue weighted by atomic mass is 10.2. The van der Waals surface area contributed by atoms with E-state index in [1.54, 1.807) is 0 Å². The first kappa shape index (κ1) is 14.7. The van der Waals surface area contributed by atoms with Gasteiger partial charge in [-0.1, -0.05) is 0 Å². The van der Waals surface area contributed by atoms with Gasteiger partial charge in [-0.05, 0) is 34.1 Å². The van der Waals surface area contributed by atoms with Crippen molar-refractivity contribution in [2.75, 3.05) is 18.0 Å². The number of amides is 1. The van der Waals surface area contributed by atoms with Crippen molar-refractivity contribution in [3.05, 3.63) is 17.1 Å². The summed E-state index contributed by atoms with van der Waals surface area (Å²) in [7, 11) is 0. The van der Waals surface area contributed by atoms with Crippen LogP contribution in [0.3, 0.4) is 0 Å². The summed E-state index contributed by atoms with van der Waals surface area (Å²) in [6, 6.07) is 0.244. The maximum absolute atomic E-state index is 12.1. The van der Waals surface area contributed by atoms with E-state index in [0.29, 0.717) is 0 Å². The fourth-order valence-electron chi connectivity index (χ4n) is 2.33. The number of aryl methyl sites for hydroxylation is 1. The van der Waals surface area contributed by atoms with Crippen LogP contribution >= 0.6 is 0 Å². The minimum absolute atomic E-state index is 0.0661. The van der Waals surface area contributed by atoms with Crippen molar-refractivity contribution >= 4 is 11.7 Å². The molecule has 0 bridgehead atoms. The number of aromatic nitrogens is 2. The van der Waals surface area contributed by atoms with Crippen LogP contribution < -0.4 is 16.0 Å². The molecule has 1 aromatic heterocycles. The standard InChI is InChI=1S/C14H23N5O/c1-8(2)16-14(20)12-17-10(4)9(3)13(18-12)19-6-5-11(15)7-19/h8,11H,5-7,15H2,1-4H3,(H,16,20)/t11-/m1/s1. The van der Waals surface area contributed by atoms with E-state index in [1.165, 1.54) is 0 Å². The molecule has 1 aromatic rings. The smallest absolute Gasteiger partial charge is 0.289 e. The summed E-state index contributed by atoms with van der Waals surface area (Å²) in [5, 5.41) is 2.83. The largest absolute Gasteiger partial charge is 0.355 e. The molecule has 0 aromatic carbocycles. The molecule has 1 amide bonds. The number of anilines is 1. The van der Waals surface area contributed by atoms with Gasteiger partial charge in [0.15, 0.2) is 0 Å². The van der Waals surface area contributed by atoms with Gasteiger partial charge in [0.1, 0.15) is 5.82 Å². The van der Waals surface area contributed by atoms with Crippen molar-refractivity contribution in [3.8, 4) is 0 Å². The van der Waals surface area contributed by atoms with Crippen LogP contribution in [0.25, 0.3) is 0 Å². The molecular formula is C14H23N5O. The van der Waals surface area contributed by atoms with Crippen LogP contribution in [0.1, 0.15) is 42.1 Å². The van der Waals surface area contributed by atoms with E-state index in [-0.39, 0.29) is 23.8 Å². The molecular weight excluding hydrogens is 254 g/mol. The van der Waals surface area contributed by atoms with Crippen molar-refractivity contribution in [1.82, 2.24) is 15.3 Å². The van der Waals surface area contributed by atoms with Crippen LogP contribution in [0.4, 0.5) is 5.82 Å². The normalized spacial score (nSPS) is 18.7. The van der Waals surface area contributed by atoms with Gasteiger partial charge in [-0.15, -0.1) is 0 Å². The van der Waals surface area contributed by atoms with Gasteiger partial charge in [-0.2, -0.15) is 0 Å². The molecule has 1 aliphatic heterocycles. The lowest BCUT2D eigenvalue weighted by Gasteiger charge is -2.21. The fraction of sp³-hybridized carbons (Fsp3) is 0.643. The van der Waals surface area contributed by atoms with Crippen LogP contribution in [0.2, 0.25) is 0 Å². The Labute approximate surface area is 119 Å². The second-order valence-electron chi connectivity index (χ2n) is 5.70. The van der Waals surface area contributed by atoms with Gasteiger partial charge < -0.3 is 16.0 Å². The predicted molar refractivity (Wildman–Crippen MR) is 78.9 cm³/mol. The van der Waals surface area contributed by atoms with E-state index >= 15 is 0 Å².